The zero-order valence-corrected chi connectivity index (χ0v) is 17.1. The summed E-state index contributed by atoms with van der Waals surface area (Å²) in [5.41, 5.74) is 1.08. The lowest BCUT2D eigenvalue weighted by molar-refractivity contribution is -0.127. The summed E-state index contributed by atoms with van der Waals surface area (Å²) >= 11 is 6.47. The molecule has 1 fully saturated rings. The van der Waals surface area contributed by atoms with E-state index in [1.54, 1.807) is 14.1 Å². The molecule has 1 amide bonds. The lowest BCUT2D eigenvalue weighted by Gasteiger charge is -2.35. The fourth-order valence-electron chi connectivity index (χ4n) is 2.89. The van der Waals surface area contributed by atoms with E-state index in [0.717, 1.165) is 30.2 Å². The Morgan fingerprint density at radius 2 is 2.00 bits per heavy atom. The molecule has 1 atom stereocenters. The summed E-state index contributed by atoms with van der Waals surface area (Å²) in [5, 5.41) is 7.31. The van der Waals surface area contributed by atoms with Crippen LogP contribution in [0, 0.1) is 0 Å². The summed E-state index contributed by atoms with van der Waals surface area (Å²) in [7, 11) is 3.45. The Kier molecular flexibility index (Phi) is 8.84. The molecule has 0 saturated carbocycles. The molecule has 0 spiro atoms. The van der Waals surface area contributed by atoms with E-state index >= 15 is 0 Å². The van der Waals surface area contributed by atoms with Crippen LogP contribution < -0.4 is 10.6 Å². The van der Waals surface area contributed by atoms with Crippen molar-refractivity contribution in [2.45, 2.75) is 13.0 Å². The zero-order valence-electron chi connectivity index (χ0n) is 16.4. The van der Waals surface area contributed by atoms with Crippen molar-refractivity contribution in [2.24, 2.45) is 4.99 Å². The molecule has 1 aromatic carbocycles. The maximum atomic E-state index is 11.8. The number of nitrogens with one attached hydrogen (secondary N) is 2. The number of halogens is 1. The Hall–Kier alpha value is -1.83. The van der Waals surface area contributed by atoms with Gasteiger partial charge < -0.3 is 20.3 Å². The van der Waals surface area contributed by atoms with Gasteiger partial charge in [-0.1, -0.05) is 29.8 Å². The number of hydrogen-bond acceptors (Lipinski definition) is 4. The predicted octanol–water partition coefficient (Wildman–Crippen LogP) is 1.36. The SMILES string of the molecule is CCNC(=NCC(=O)N(C)C)NCC(c1ccccc1Cl)N1CCOCC1. The number of nitrogens with zero attached hydrogens (tertiary/aromatic N) is 3. The average Bonchev–Trinajstić information content (AvgIpc) is 2.67. The second kappa shape index (κ2) is 11.1. The molecule has 2 rings (SSSR count). The zero-order chi connectivity index (χ0) is 19.6. The first-order valence-electron chi connectivity index (χ1n) is 9.31. The first kappa shape index (κ1) is 21.5. The highest BCUT2D eigenvalue weighted by molar-refractivity contribution is 6.31. The molecule has 1 saturated heterocycles. The fourth-order valence-corrected chi connectivity index (χ4v) is 3.16. The van der Waals surface area contributed by atoms with Crippen molar-refractivity contribution in [3.63, 3.8) is 0 Å². The van der Waals surface area contributed by atoms with Crippen molar-refractivity contribution in [1.29, 1.82) is 0 Å². The smallest absolute Gasteiger partial charge is 0.243 e. The molecule has 7 nitrogen and oxygen atoms in total. The van der Waals surface area contributed by atoms with Crippen LogP contribution in [0.4, 0.5) is 0 Å². The molecule has 8 heteroatoms. The quantitative estimate of drug-likeness (QED) is 0.539. The highest BCUT2D eigenvalue weighted by atomic mass is 35.5. The van der Waals surface area contributed by atoms with Gasteiger partial charge >= 0.3 is 0 Å². The summed E-state index contributed by atoms with van der Waals surface area (Å²) in [6.07, 6.45) is 0. The van der Waals surface area contributed by atoms with Crippen LogP contribution in [-0.4, -0.2) is 81.7 Å². The van der Waals surface area contributed by atoms with Crippen LogP contribution in [-0.2, 0) is 9.53 Å². The lowest BCUT2D eigenvalue weighted by atomic mass is 10.0. The van der Waals surface area contributed by atoms with Gasteiger partial charge in [-0.2, -0.15) is 0 Å². The van der Waals surface area contributed by atoms with Gasteiger partial charge in [-0.15, -0.1) is 0 Å². The van der Waals surface area contributed by atoms with Gasteiger partial charge in [0.1, 0.15) is 6.54 Å². The molecular formula is C19H30ClN5O2. The summed E-state index contributed by atoms with van der Waals surface area (Å²) in [6.45, 7) is 6.59. The number of benzene rings is 1. The van der Waals surface area contributed by atoms with Crippen molar-refractivity contribution < 1.29 is 9.53 Å². The third kappa shape index (κ3) is 6.68. The molecule has 27 heavy (non-hydrogen) atoms. The van der Waals surface area contributed by atoms with Gasteiger partial charge in [-0.3, -0.25) is 9.69 Å². The molecule has 0 aromatic heterocycles. The Balaban J connectivity index is 2.12. The van der Waals surface area contributed by atoms with Gasteiger partial charge in [0.25, 0.3) is 0 Å². The average molecular weight is 396 g/mol. The maximum Gasteiger partial charge on any atom is 0.243 e. The number of guanidine groups is 1. The molecule has 150 valence electrons. The maximum absolute atomic E-state index is 11.8. The highest BCUT2D eigenvalue weighted by Gasteiger charge is 2.24. The summed E-state index contributed by atoms with van der Waals surface area (Å²) in [5.74, 6) is 0.584. The first-order valence-corrected chi connectivity index (χ1v) is 9.69. The minimum Gasteiger partial charge on any atom is -0.379 e. The van der Waals surface area contributed by atoms with Crippen LogP contribution >= 0.6 is 11.6 Å². The number of amides is 1. The first-order chi connectivity index (χ1) is 13.0. The van der Waals surface area contributed by atoms with Gasteiger partial charge in [0, 0.05) is 45.3 Å². The number of ether oxygens (including phenoxy) is 1. The molecule has 1 aromatic rings. The van der Waals surface area contributed by atoms with Gasteiger partial charge in [-0.25, -0.2) is 4.99 Å². The molecule has 2 N–H and O–H groups in total. The topological polar surface area (TPSA) is 69.2 Å². The molecule has 1 aliphatic rings. The minimum atomic E-state index is -0.0389. The predicted molar refractivity (Wildman–Crippen MR) is 109 cm³/mol. The van der Waals surface area contributed by atoms with E-state index in [4.69, 9.17) is 16.3 Å². The van der Waals surface area contributed by atoms with Crippen LogP contribution in [0.3, 0.4) is 0 Å². The Bertz CT molecular complexity index is 632. The highest BCUT2D eigenvalue weighted by Crippen LogP contribution is 2.27. The molecule has 1 heterocycles. The number of aliphatic imine (C=N–C) groups is 1. The third-order valence-corrected chi connectivity index (χ3v) is 4.77. The minimum absolute atomic E-state index is 0.0389. The fraction of sp³-hybridized carbons (Fsp3) is 0.579. The van der Waals surface area contributed by atoms with Crippen LogP contribution in [0.2, 0.25) is 5.02 Å². The third-order valence-electron chi connectivity index (χ3n) is 4.43. The number of hydrogen-bond donors (Lipinski definition) is 2. The van der Waals surface area contributed by atoms with Crippen LogP contribution in [0.15, 0.2) is 29.3 Å². The number of likely N-dealkylation sites (N-methyl/N-ethyl adjacent to an activating group) is 1. The molecule has 0 radical (unpaired) electrons. The van der Waals surface area contributed by atoms with Crippen molar-refractivity contribution in [2.75, 3.05) is 60.0 Å². The summed E-state index contributed by atoms with van der Waals surface area (Å²) < 4.78 is 5.49. The van der Waals surface area contributed by atoms with E-state index in [9.17, 15) is 4.79 Å². The number of carbonyl (C=O) groups is 1. The van der Waals surface area contributed by atoms with E-state index in [1.165, 1.54) is 4.90 Å². The van der Waals surface area contributed by atoms with Crippen molar-refractivity contribution >= 4 is 23.5 Å². The van der Waals surface area contributed by atoms with Gasteiger partial charge in [0.2, 0.25) is 5.91 Å². The van der Waals surface area contributed by atoms with Crippen molar-refractivity contribution in [1.82, 2.24) is 20.4 Å². The van der Waals surface area contributed by atoms with Crippen LogP contribution in [0.5, 0.6) is 0 Å². The molecular weight excluding hydrogens is 366 g/mol. The Labute approximate surface area is 166 Å². The number of rotatable bonds is 7. The van der Waals surface area contributed by atoms with Gasteiger partial charge in [-0.05, 0) is 18.6 Å². The molecule has 1 aliphatic heterocycles. The largest absolute Gasteiger partial charge is 0.379 e. The van der Waals surface area contributed by atoms with Crippen LogP contribution in [0.25, 0.3) is 0 Å². The molecule has 1 unspecified atom stereocenters. The summed E-state index contributed by atoms with van der Waals surface area (Å²) in [4.78, 5) is 20.1. The lowest BCUT2D eigenvalue weighted by Crippen LogP contribution is -2.46. The molecule has 0 bridgehead atoms. The van der Waals surface area contributed by atoms with E-state index in [2.05, 4.69) is 26.6 Å². The Morgan fingerprint density at radius 1 is 1.30 bits per heavy atom. The second-order valence-electron chi connectivity index (χ2n) is 6.55. The standard InChI is InChI=1S/C19H30ClN5O2/c1-4-21-19(23-14-18(26)24(2)3)22-13-17(25-9-11-27-12-10-25)15-7-5-6-8-16(15)20/h5-8,17H,4,9-14H2,1-3H3,(H2,21,22,23). The van der Waals surface area contributed by atoms with Crippen molar-refractivity contribution in [3.05, 3.63) is 34.9 Å². The summed E-state index contributed by atoms with van der Waals surface area (Å²) in [6, 6.07) is 8.01. The van der Waals surface area contributed by atoms with E-state index < -0.39 is 0 Å². The Morgan fingerprint density at radius 3 is 2.63 bits per heavy atom. The second-order valence-corrected chi connectivity index (χ2v) is 6.96. The number of morpholine rings is 1. The van der Waals surface area contributed by atoms with E-state index in [-0.39, 0.29) is 18.5 Å². The van der Waals surface area contributed by atoms with Gasteiger partial charge in [0.15, 0.2) is 5.96 Å². The normalized spacial score (nSPS) is 16.7. The van der Waals surface area contributed by atoms with Gasteiger partial charge in [0.05, 0.1) is 19.3 Å². The van der Waals surface area contributed by atoms with Crippen LogP contribution in [0.1, 0.15) is 18.5 Å². The number of carbonyl (C=O) groups excluding carboxylic acids is 1. The van der Waals surface area contributed by atoms with E-state index in [1.807, 2.05) is 25.1 Å². The van der Waals surface area contributed by atoms with Crippen molar-refractivity contribution in [3.8, 4) is 0 Å². The molecule has 0 aliphatic carbocycles. The monoisotopic (exact) mass is 395 g/mol. The van der Waals surface area contributed by atoms with E-state index in [0.29, 0.717) is 25.7 Å².